The summed E-state index contributed by atoms with van der Waals surface area (Å²) in [5.41, 5.74) is -0.561. The van der Waals surface area contributed by atoms with Crippen molar-refractivity contribution >= 4 is 5.97 Å². The Morgan fingerprint density at radius 2 is 2.15 bits per heavy atom. The lowest BCUT2D eigenvalue weighted by Crippen LogP contribution is -2.51. The highest BCUT2D eigenvalue weighted by atomic mass is 16.5. The molecule has 5 nitrogen and oxygen atoms in total. The van der Waals surface area contributed by atoms with Crippen LogP contribution in [0.1, 0.15) is 33.6 Å². The summed E-state index contributed by atoms with van der Waals surface area (Å²) in [5, 5.41) is 3.12. The Balaban J connectivity index is 2.36. The zero-order chi connectivity index (χ0) is 15.2. The molecule has 0 aliphatic carbocycles. The minimum atomic E-state index is -0.561. The average molecular weight is 285 g/mol. The lowest BCUT2D eigenvalue weighted by Gasteiger charge is -2.38. The minimum absolute atomic E-state index is 0.144. The molecule has 1 heterocycles. The van der Waals surface area contributed by atoms with Gasteiger partial charge in [-0.1, -0.05) is 0 Å². The smallest absolute Gasteiger partial charge is 0.326 e. The second-order valence-corrected chi connectivity index (χ2v) is 6.04. The molecule has 0 aromatic rings. The van der Waals surface area contributed by atoms with Gasteiger partial charge in [-0.25, -0.2) is 0 Å². The second kappa shape index (κ2) is 7.96. The predicted octanol–water partition coefficient (Wildman–Crippen LogP) is 0.944. The lowest BCUT2D eigenvalue weighted by molar-refractivity contribution is -0.150. The van der Waals surface area contributed by atoms with Gasteiger partial charge in [0.15, 0.2) is 0 Å². The summed E-state index contributed by atoms with van der Waals surface area (Å²) < 4.78 is 5.15. The molecule has 0 radical (unpaired) electrons. The van der Waals surface area contributed by atoms with Crippen LogP contribution in [0.15, 0.2) is 0 Å². The predicted molar refractivity (Wildman–Crippen MR) is 81.9 cm³/mol. The van der Waals surface area contributed by atoms with Crippen LogP contribution in [-0.2, 0) is 9.53 Å². The second-order valence-electron chi connectivity index (χ2n) is 6.04. The number of likely N-dealkylation sites (N-methyl/N-ethyl adjacent to an activating group) is 2. The van der Waals surface area contributed by atoms with Crippen LogP contribution in [0.3, 0.4) is 0 Å². The number of nitrogens with one attached hydrogen (secondary N) is 1. The lowest BCUT2D eigenvalue weighted by atomic mass is 9.96. The first-order valence-corrected chi connectivity index (χ1v) is 7.71. The van der Waals surface area contributed by atoms with Crippen molar-refractivity contribution in [2.45, 2.75) is 45.2 Å². The van der Waals surface area contributed by atoms with Crippen LogP contribution >= 0.6 is 0 Å². The fourth-order valence-electron chi connectivity index (χ4n) is 2.60. The number of hydrogen-bond donors (Lipinski definition) is 1. The molecule has 1 N–H and O–H groups in total. The van der Waals surface area contributed by atoms with Crippen molar-refractivity contribution in [1.82, 2.24) is 15.1 Å². The highest BCUT2D eigenvalue weighted by Gasteiger charge is 2.32. The summed E-state index contributed by atoms with van der Waals surface area (Å²) in [6, 6.07) is 0.615. The molecule has 20 heavy (non-hydrogen) atoms. The molecular weight excluding hydrogens is 254 g/mol. The van der Waals surface area contributed by atoms with Crippen molar-refractivity contribution in [3.8, 4) is 0 Å². The molecule has 0 aromatic heterocycles. The van der Waals surface area contributed by atoms with Gasteiger partial charge in [-0.15, -0.1) is 0 Å². The highest BCUT2D eigenvalue weighted by molar-refractivity contribution is 5.80. The number of carbonyl (C=O) groups excluding carboxylic acids is 1. The van der Waals surface area contributed by atoms with E-state index in [4.69, 9.17) is 4.74 Å². The number of rotatable bonds is 7. The van der Waals surface area contributed by atoms with Crippen molar-refractivity contribution in [2.75, 3.05) is 46.9 Å². The summed E-state index contributed by atoms with van der Waals surface area (Å²) >= 11 is 0. The van der Waals surface area contributed by atoms with Crippen LogP contribution in [0.25, 0.3) is 0 Å². The van der Waals surface area contributed by atoms with Crippen LogP contribution in [0.5, 0.6) is 0 Å². The van der Waals surface area contributed by atoms with Gasteiger partial charge in [0, 0.05) is 25.7 Å². The van der Waals surface area contributed by atoms with Gasteiger partial charge in [0.05, 0.1) is 6.61 Å². The molecule has 2 unspecified atom stereocenters. The molecule has 5 heteroatoms. The van der Waals surface area contributed by atoms with Crippen LogP contribution in [0, 0.1) is 0 Å². The molecule has 1 saturated heterocycles. The minimum Gasteiger partial charge on any atom is -0.465 e. The van der Waals surface area contributed by atoms with E-state index >= 15 is 0 Å². The van der Waals surface area contributed by atoms with Crippen molar-refractivity contribution < 1.29 is 9.53 Å². The van der Waals surface area contributed by atoms with E-state index in [1.165, 1.54) is 0 Å². The first kappa shape index (κ1) is 17.4. The summed E-state index contributed by atoms with van der Waals surface area (Å²) in [7, 11) is 4.01. The van der Waals surface area contributed by atoms with Crippen LogP contribution in [0.4, 0.5) is 0 Å². The molecule has 0 spiro atoms. The monoisotopic (exact) mass is 285 g/mol. The van der Waals surface area contributed by atoms with E-state index in [0.717, 1.165) is 39.0 Å². The molecule has 0 amide bonds. The van der Waals surface area contributed by atoms with Gasteiger partial charge >= 0.3 is 5.97 Å². The van der Waals surface area contributed by atoms with E-state index in [2.05, 4.69) is 29.1 Å². The van der Waals surface area contributed by atoms with Crippen molar-refractivity contribution in [3.63, 3.8) is 0 Å². The van der Waals surface area contributed by atoms with Crippen molar-refractivity contribution in [2.24, 2.45) is 0 Å². The fourth-order valence-corrected chi connectivity index (χ4v) is 2.60. The van der Waals surface area contributed by atoms with E-state index in [1.54, 1.807) is 0 Å². The standard InChI is InChI=1S/C15H31N3O2/c1-6-20-14(19)15(3,16-4)8-7-9-18-11-10-17(5)13(2)12-18/h13,16H,6-12H2,1-5H3. The Morgan fingerprint density at radius 3 is 2.70 bits per heavy atom. The third-order valence-electron chi connectivity index (χ3n) is 4.47. The molecule has 1 rings (SSSR count). The summed E-state index contributed by atoms with van der Waals surface area (Å²) in [4.78, 5) is 16.9. The average Bonchev–Trinajstić information content (AvgIpc) is 2.42. The summed E-state index contributed by atoms with van der Waals surface area (Å²) in [6.45, 7) is 10.9. The van der Waals surface area contributed by atoms with Crippen molar-refractivity contribution in [3.05, 3.63) is 0 Å². The fraction of sp³-hybridized carbons (Fsp3) is 0.933. The number of esters is 1. The maximum absolute atomic E-state index is 12.0. The van der Waals surface area contributed by atoms with Gasteiger partial charge in [-0.05, 0) is 54.3 Å². The van der Waals surface area contributed by atoms with E-state index in [1.807, 2.05) is 20.9 Å². The van der Waals surface area contributed by atoms with E-state index in [9.17, 15) is 4.79 Å². The Bertz CT molecular complexity index is 311. The molecule has 1 fully saturated rings. The number of nitrogens with zero attached hydrogens (tertiary/aromatic N) is 2. The SMILES string of the molecule is CCOC(=O)C(C)(CCCN1CCN(C)C(C)C1)NC. The van der Waals surface area contributed by atoms with Gasteiger partial charge in [0.25, 0.3) is 0 Å². The molecule has 0 aromatic carbocycles. The topological polar surface area (TPSA) is 44.8 Å². The largest absolute Gasteiger partial charge is 0.465 e. The van der Waals surface area contributed by atoms with Crippen LogP contribution in [0.2, 0.25) is 0 Å². The molecule has 118 valence electrons. The number of carbonyl (C=O) groups is 1. The molecule has 1 aliphatic rings. The van der Waals surface area contributed by atoms with Crippen LogP contribution < -0.4 is 5.32 Å². The van der Waals surface area contributed by atoms with Crippen LogP contribution in [-0.4, -0.2) is 74.2 Å². The third kappa shape index (κ3) is 4.72. The van der Waals surface area contributed by atoms with E-state index in [0.29, 0.717) is 12.6 Å². The molecule has 2 atom stereocenters. The van der Waals surface area contributed by atoms with Gasteiger partial charge in [-0.2, -0.15) is 0 Å². The van der Waals surface area contributed by atoms with Crippen molar-refractivity contribution in [1.29, 1.82) is 0 Å². The number of piperazine rings is 1. The normalized spacial score (nSPS) is 24.4. The molecule has 0 bridgehead atoms. The van der Waals surface area contributed by atoms with Gasteiger partial charge in [0.2, 0.25) is 0 Å². The number of ether oxygens (including phenoxy) is 1. The van der Waals surface area contributed by atoms with E-state index < -0.39 is 5.54 Å². The zero-order valence-corrected chi connectivity index (χ0v) is 13.7. The van der Waals surface area contributed by atoms with Gasteiger partial charge < -0.3 is 19.9 Å². The number of hydrogen-bond acceptors (Lipinski definition) is 5. The third-order valence-corrected chi connectivity index (χ3v) is 4.47. The Kier molecular flexibility index (Phi) is 6.92. The Labute approximate surface area is 123 Å². The molecular formula is C15H31N3O2. The van der Waals surface area contributed by atoms with Gasteiger partial charge in [-0.3, -0.25) is 4.79 Å². The molecule has 0 saturated carbocycles. The highest BCUT2D eigenvalue weighted by Crippen LogP contribution is 2.16. The molecule has 1 aliphatic heterocycles. The first-order valence-electron chi connectivity index (χ1n) is 7.71. The zero-order valence-electron chi connectivity index (χ0n) is 13.7. The van der Waals surface area contributed by atoms with E-state index in [-0.39, 0.29) is 5.97 Å². The Morgan fingerprint density at radius 1 is 1.45 bits per heavy atom. The maximum Gasteiger partial charge on any atom is 0.326 e. The maximum atomic E-state index is 12.0. The Hall–Kier alpha value is -0.650. The first-order chi connectivity index (χ1) is 9.42. The summed E-state index contributed by atoms with van der Waals surface area (Å²) in [5.74, 6) is -0.144. The van der Waals surface area contributed by atoms with Gasteiger partial charge in [0.1, 0.15) is 5.54 Å². The summed E-state index contributed by atoms with van der Waals surface area (Å²) in [6.07, 6.45) is 1.82. The quantitative estimate of drug-likeness (QED) is 0.706.